The summed E-state index contributed by atoms with van der Waals surface area (Å²) < 4.78 is 0. The van der Waals surface area contributed by atoms with E-state index in [1.807, 2.05) is 33.8 Å². The highest BCUT2D eigenvalue weighted by Gasteiger charge is 2.20. The van der Waals surface area contributed by atoms with Gasteiger partial charge in [0.05, 0.1) is 25.1 Å². The second-order valence-corrected chi connectivity index (χ2v) is 5.08. The maximum absolute atomic E-state index is 11.9. The monoisotopic (exact) mass is 268 g/mol. The Hall–Kier alpha value is -1.61. The molecule has 0 aromatic rings. The van der Waals surface area contributed by atoms with Crippen LogP contribution in [0.5, 0.6) is 0 Å². The summed E-state index contributed by atoms with van der Waals surface area (Å²) in [5, 5.41) is 11.1. The molecule has 19 heavy (non-hydrogen) atoms. The summed E-state index contributed by atoms with van der Waals surface area (Å²) in [4.78, 5) is 25.2. The van der Waals surface area contributed by atoms with Crippen LogP contribution >= 0.6 is 0 Å². The van der Waals surface area contributed by atoms with Gasteiger partial charge in [0, 0.05) is 12.6 Å². The number of carbonyl (C=O) groups excluding carboxylic acids is 2. The number of nitriles is 1. The molecule has 0 aromatic heterocycles. The van der Waals surface area contributed by atoms with E-state index in [1.54, 1.807) is 4.90 Å². The van der Waals surface area contributed by atoms with E-state index < -0.39 is 6.04 Å². The van der Waals surface area contributed by atoms with Crippen LogP contribution in [-0.2, 0) is 9.59 Å². The lowest BCUT2D eigenvalue weighted by molar-refractivity contribution is -0.134. The van der Waals surface area contributed by atoms with E-state index in [2.05, 4.69) is 5.32 Å². The summed E-state index contributed by atoms with van der Waals surface area (Å²) in [6.07, 6.45) is 0.281. The Morgan fingerprint density at radius 3 is 2.32 bits per heavy atom. The van der Waals surface area contributed by atoms with Crippen molar-refractivity contribution in [3.63, 3.8) is 0 Å². The quantitative estimate of drug-likeness (QED) is 0.690. The Balaban J connectivity index is 4.34. The van der Waals surface area contributed by atoms with Crippen molar-refractivity contribution in [2.75, 3.05) is 13.1 Å². The largest absolute Gasteiger partial charge is 0.346 e. The molecule has 0 unspecified atom stereocenters. The number of hydrogen-bond acceptors (Lipinski definition) is 4. The van der Waals surface area contributed by atoms with Crippen molar-refractivity contribution in [3.05, 3.63) is 0 Å². The predicted molar refractivity (Wildman–Crippen MR) is 72.9 cm³/mol. The lowest BCUT2D eigenvalue weighted by Gasteiger charge is -2.26. The molecule has 3 N–H and O–H groups in total. The molecule has 2 amide bonds. The van der Waals surface area contributed by atoms with Crippen molar-refractivity contribution in [3.8, 4) is 6.07 Å². The average Bonchev–Trinajstić information content (AvgIpc) is 2.34. The van der Waals surface area contributed by atoms with Gasteiger partial charge >= 0.3 is 0 Å². The fourth-order valence-electron chi connectivity index (χ4n) is 1.53. The first-order valence-corrected chi connectivity index (χ1v) is 6.51. The molecule has 0 saturated carbocycles. The Morgan fingerprint density at radius 2 is 1.89 bits per heavy atom. The topological polar surface area (TPSA) is 99.2 Å². The predicted octanol–water partition coefficient (Wildman–Crippen LogP) is 0.237. The van der Waals surface area contributed by atoms with Gasteiger partial charge in [0.1, 0.15) is 0 Å². The third kappa shape index (κ3) is 6.20. The zero-order valence-corrected chi connectivity index (χ0v) is 12.1. The highest BCUT2D eigenvalue weighted by Crippen LogP contribution is 2.01. The molecule has 0 aliphatic rings. The fraction of sp³-hybridized carbons (Fsp3) is 0.769. The molecule has 0 aromatic carbocycles. The van der Waals surface area contributed by atoms with E-state index >= 15 is 0 Å². The average molecular weight is 268 g/mol. The van der Waals surface area contributed by atoms with Gasteiger partial charge < -0.3 is 16.0 Å². The molecule has 0 radical (unpaired) electrons. The van der Waals surface area contributed by atoms with Gasteiger partial charge in [-0.05, 0) is 19.8 Å². The molecule has 0 aliphatic heterocycles. The number of nitrogens with two attached hydrogens (primary N) is 1. The van der Waals surface area contributed by atoms with Crippen LogP contribution in [0.3, 0.4) is 0 Å². The fourth-order valence-corrected chi connectivity index (χ4v) is 1.53. The van der Waals surface area contributed by atoms with E-state index in [-0.39, 0.29) is 36.7 Å². The van der Waals surface area contributed by atoms with E-state index in [1.165, 1.54) is 0 Å². The van der Waals surface area contributed by atoms with Crippen LogP contribution in [0.1, 0.15) is 34.1 Å². The van der Waals surface area contributed by atoms with E-state index in [4.69, 9.17) is 11.0 Å². The van der Waals surface area contributed by atoms with Gasteiger partial charge in [0.25, 0.3) is 0 Å². The van der Waals surface area contributed by atoms with Crippen molar-refractivity contribution >= 4 is 11.8 Å². The van der Waals surface area contributed by atoms with E-state index in [9.17, 15) is 9.59 Å². The van der Waals surface area contributed by atoms with Crippen LogP contribution in [0, 0.1) is 17.2 Å². The van der Waals surface area contributed by atoms with Crippen LogP contribution in [-0.4, -0.2) is 41.9 Å². The minimum Gasteiger partial charge on any atom is -0.346 e. The molecular formula is C13H24N4O2. The second kappa shape index (κ2) is 8.48. The van der Waals surface area contributed by atoms with Crippen LogP contribution in [0.2, 0.25) is 0 Å². The normalized spacial score (nSPS) is 12.1. The van der Waals surface area contributed by atoms with Gasteiger partial charge in [-0.2, -0.15) is 5.26 Å². The molecule has 0 spiro atoms. The van der Waals surface area contributed by atoms with Gasteiger partial charge in [-0.1, -0.05) is 13.8 Å². The summed E-state index contributed by atoms with van der Waals surface area (Å²) in [5.74, 6) is -0.503. The molecule has 6 nitrogen and oxygen atoms in total. The van der Waals surface area contributed by atoms with Crippen LogP contribution < -0.4 is 11.1 Å². The number of amides is 2. The number of rotatable bonds is 7. The molecule has 108 valence electrons. The Labute approximate surface area is 114 Å². The summed E-state index contributed by atoms with van der Waals surface area (Å²) in [7, 11) is 0. The zero-order chi connectivity index (χ0) is 15.0. The molecule has 0 rings (SSSR count). The SMILES string of the molecule is CC(C)[C@H](N)C(=O)NCC(=O)N(CCC#N)C(C)C. The molecule has 0 heterocycles. The van der Waals surface area contributed by atoms with Crippen molar-refractivity contribution < 1.29 is 9.59 Å². The van der Waals surface area contributed by atoms with Crippen molar-refractivity contribution in [1.29, 1.82) is 5.26 Å². The first kappa shape index (κ1) is 17.4. The van der Waals surface area contributed by atoms with Crippen LogP contribution in [0.4, 0.5) is 0 Å². The van der Waals surface area contributed by atoms with E-state index in [0.29, 0.717) is 6.54 Å². The minimum atomic E-state index is -0.612. The van der Waals surface area contributed by atoms with Gasteiger partial charge in [-0.25, -0.2) is 0 Å². The lowest BCUT2D eigenvalue weighted by Crippen LogP contribution is -2.49. The highest BCUT2D eigenvalue weighted by atomic mass is 16.2. The number of hydrogen-bond donors (Lipinski definition) is 2. The maximum Gasteiger partial charge on any atom is 0.242 e. The summed E-state index contributed by atoms with van der Waals surface area (Å²) in [5.41, 5.74) is 5.68. The first-order valence-electron chi connectivity index (χ1n) is 6.51. The maximum atomic E-state index is 11.9. The smallest absolute Gasteiger partial charge is 0.242 e. The third-order valence-corrected chi connectivity index (χ3v) is 2.84. The van der Waals surface area contributed by atoms with Gasteiger partial charge in [-0.15, -0.1) is 0 Å². The zero-order valence-electron chi connectivity index (χ0n) is 12.1. The number of carbonyl (C=O) groups is 2. The van der Waals surface area contributed by atoms with Gasteiger partial charge in [0.15, 0.2) is 0 Å². The van der Waals surface area contributed by atoms with Gasteiger partial charge in [0.2, 0.25) is 11.8 Å². The standard InChI is InChI=1S/C13H24N4O2/c1-9(2)12(15)13(19)16-8-11(18)17(10(3)4)7-5-6-14/h9-10,12H,5,7-8,15H2,1-4H3,(H,16,19)/t12-/m0/s1. The third-order valence-electron chi connectivity index (χ3n) is 2.84. The summed E-state index contributed by atoms with van der Waals surface area (Å²) >= 11 is 0. The lowest BCUT2D eigenvalue weighted by atomic mass is 10.1. The molecule has 1 atom stereocenters. The van der Waals surface area contributed by atoms with Crippen LogP contribution in [0.25, 0.3) is 0 Å². The molecular weight excluding hydrogens is 244 g/mol. The molecule has 0 bridgehead atoms. The number of nitrogens with one attached hydrogen (secondary N) is 1. The Bertz CT molecular complexity index is 347. The Morgan fingerprint density at radius 1 is 1.32 bits per heavy atom. The van der Waals surface area contributed by atoms with Crippen LogP contribution in [0.15, 0.2) is 0 Å². The van der Waals surface area contributed by atoms with E-state index in [0.717, 1.165) is 0 Å². The first-order chi connectivity index (χ1) is 8.81. The summed E-state index contributed by atoms with van der Waals surface area (Å²) in [6.45, 7) is 7.73. The highest BCUT2D eigenvalue weighted by molar-refractivity contribution is 5.87. The summed E-state index contributed by atoms with van der Waals surface area (Å²) in [6, 6.07) is 1.39. The minimum absolute atomic E-state index is 0.00322. The number of nitrogens with zero attached hydrogens (tertiary/aromatic N) is 2. The van der Waals surface area contributed by atoms with Gasteiger partial charge in [-0.3, -0.25) is 9.59 Å². The molecule has 6 heteroatoms. The second-order valence-electron chi connectivity index (χ2n) is 5.08. The van der Waals surface area contributed by atoms with Crippen molar-refractivity contribution in [1.82, 2.24) is 10.2 Å². The Kier molecular flexibility index (Phi) is 7.77. The molecule has 0 aliphatic carbocycles. The molecule has 0 saturated heterocycles. The molecule has 0 fully saturated rings. The van der Waals surface area contributed by atoms with Crippen molar-refractivity contribution in [2.24, 2.45) is 11.7 Å². The van der Waals surface area contributed by atoms with Crippen molar-refractivity contribution in [2.45, 2.75) is 46.2 Å².